The molecule has 1 fully saturated rings. The van der Waals surface area contributed by atoms with Crippen molar-refractivity contribution in [2.24, 2.45) is 0 Å². The van der Waals surface area contributed by atoms with Crippen molar-refractivity contribution in [2.45, 2.75) is 13.0 Å². The van der Waals surface area contributed by atoms with Crippen LogP contribution in [0.5, 0.6) is 0 Å². The molecule has 132 valence electrons. The largest absolute Gasteiger partial charge is 0.322 e. The molecule has 0 radical (unpaired) electrons. The van der Waals surface area contributed by atoms with Crippen molar-refractivity contribution in [1.82, 2.24) is 9.80 Å². The fourth-order valence-corrected chi connectivity index (χ4v) is 3.33. The Balaban J connectivity index is 1.54. The summed E-state index contributed by atoms with van der Waals surface area (Å²) in [5.74, 6) is 0. The van der Waals surface area contributed by atoms with E-state index >= 15 is 0 Å². The standard InChI is InChI=1S/C19H21Cl2N3O/c1-14(15-5-3-2-4-6-15)23-9-11-24(12-10-23)19(25)22-16-7-8-17(20)18(21)13-16/h2-8,13-14H,9-12H2,1H3,(H,22,25). The van der Waals surface area contributed by atoms with Crippen molar-refractivity contribution in [2.75, 3.05) is 31.5 Å². The second kappa shape index (κ2) is 8.09. The Morgan fingerprint density at radius 1 is 1.00 bits per heavy atom. The van der Waals surface area contributed by atoms with Crippen LogP contribution in [0.4, 0.5) is 10.5 Å². The maximum Gasteiger partial charge on any atom is 0.321 e. The number of piperazine rings is 1. The first-order valence-electron chi connectivity index (χ1n) is 8.34. The number of halogens is 2. The quantitative estimate of drug-likeness (QED) is 0.824. The molecule has 0 aliphatic carbocycles. The number of hydrogen-bond donors (Lipinski definition) is 1. The SMILES string of the molecule is CC(c1ccccc1)N1CCN(C(=O)Nc2ccc(Cl)c(Cl)c2)CC1. The van der Waals surface area contributed by atoms with Gasteiger partial charge in [-0.1, -0.05) is 53.5 Å². The van der Waals surface area contributed by atoms with E-state index in [1.807, 2.05) is 11.0 Å². The van der Waals surface area contributed by atoms with Gasteiger partial charge < -0.3 is 10.2 Å². The molecule has 2 amide bonds. The fraction of sp³-hybridized carbons (Fsp3) is 0.316. The summed E-state index contributed by atoms with van der Waals surface area (Å²) in [7, 11) is 0. The predicted octanol–water partition coefficient (Wildman–Crippen LogP) is 4.90. The van der Waals surface area contributed by atoms with Crippen LogP contribution < -0.4 is 5.32 Å². The first-order chi connectivity index (χ1) is 12.0. The maximum absolute atomic E-state index is 12.4. The molecule has 0 bridgehead atoms. The lowest BCUT2D eigenvalue weighted by molar-refractivity contribution is 0.119. The average Bonchev–Trinajstić information content (AvgIpc) is 2.65. The van der Waals surface area contributed by atoms with Crippen LogP contribution in [0.3, 0.4) is 0 Å². The molecule has 1 unspecified atom stereocenters. The monoisotopic (exact) mass is 377 g/mol. The summed E-state index contributed by atoms with van der Waals surface area (Å²) >= 11 is 11.9. The van der Waals surface area contributed by atoms with Gasteiger partial charge in [-0.2, -0.15) is 0 Å². The van der Waals surface area contributed by atoms with E-state index in [0.717, 1.165) is 13.1 Å². The maximum atomic E-state index is 12.4. The van der Waals surface area contributed by atoms with E-state index in [1.165, 1.54) is 5.56 Å². The summed E-state index contributed by atoms with van der Waals surface area (Å²) in [5, 5.41) is 3.79. The third kappa shape index (κ3) is 4.46. The molecule has 3 rings (SSSR count). The second-order valence-corrected chi connectivity index (χ2v) is 6.98. The number of carbonyl (C=O) groups excluding carboxylic acids is 1. The normalized spacial score (nSPS) is 16.5. The van der Waals surface area contributed by atoms with Gasteiger partial charge in [-0.15, -0.1) is 0 Å². The fourth-order valence-electron chi connectivity index (χ4n) is 3.03. The molecule has 1 atom stereocenters. The summed E-state index contributed by atoms with van der Waals surface area (Å²) in [6.45, 7) is 5.31. The van der Waals surface area contributed by atoms with Gasteiger partial charge in [-0.05, 0) is 30.7 Å². The Bertz CT molecular complexity index is 731. The van der Waals surface area contributed by atoms with E-state index in [9.17, 15) is 4.79 Å². The van der Waals surface area contributed by atoms with Crippen LogP contribution in [0, 0.1) is 0 Å². The predicted molar refractivity (Wildman–Crippen MR) is 103 cm³/mol. The van der Waals surface area contributed by atoms with Crippen LogP contribution in [0.2, 0.25) is 10.0 Å². The molecule has 25 heavy (non-hydrogen) atoms. The molecule has 1 heterocycles. The Morgan fingerprint density at radius 2 is 1.68 bits per heavy atom. The van der Waals surface area contributed by atoms with Crippen molar-refractivity contribution in [3.05, 3.63) is 64.1 Å². The summed E-state index contributed by atoms with van der Waals surface area (Å²) in [6.07, 6.45) is 0. The van der Waals surface area contributed by atoms with Gasteiger partial charge >= 0.3 is 6.03 Å². The van der Waals surface area contributed by atoms with Crippen LogP contribution in [-0.2, 0) is 0 Å². The van der Waals surface area contributed by atoms with Crippen molar-refractivity contribution in [3.63, 3.8) is 0 Å². The first-order valence-corrected chi connectivity index (χ1v) is 9.10. The molecule has 2 aromatic carbocycles. The van der Waals surface area contributed by atoms with Crippen molar-refractivity contribution < 1.29 is 4.79 Å². The molecular weight excluding hydrogens is 357 g/mol. The lowest BCUT2D eigenvalue weighted by Crippen LogP contribution is -2.50. The average molecular weight is 378 g/mol. The summed E-state index contributed by atoms with van der Waals surface area (Å²) in [6, 6.07) is 15.8. The highest BCUT2D eigenvalue weighted by atomic mass is 35.5. The van der Waals surface area contributed by atoms with Crippen molar-refractivity contribution >= 4 is 34.9 Å². The molecule has 1 saturated heterocycles. The highest BCUT2D eigenvalue weighted by molar-refractivity contribution is 6.42. The van der Waals surface area contributed by atoms with Gasteiger partial charge in [-0.3, -0.25) is 4.90 Å². The van der Waals surface area contributed by atoms with Gasteiger partial charge in [0.1, 0.15) is 0 Å². The van der Waals surface area contributed by atoms with Crippen LogP contribution in [-0.4, -0.2) is 42.0 Å². The molecule has 0 aromatic heterocycles. The minimum absolute atomic E-state index is 0.106. The van der Waals surface area contributed by atoms with E-state index in [-0.39, 0.29) is 6.03 Å². The minimum Gasteiger partial charge on any atom is -0.322 e. The lowest BCUT2D eigenvalue weighted by Gasteiger charge is -2.38. The lowest BCUT2D eigenvalue weighted by atomic mass is 10.1. The molecule has 6 heteroatoms. The zero-order valence-corrected chi connectivity index (χ0v) is 15.6. The number of urea groups is 1. The molecule has 2 aromatic rings. The Labute approximate surface area is 158 Å². The van der Waals surface area contributed by atoms with E-state index in [4.69, 9.17) is 23.2 Å². The highest BCUT2D eigenvalue weighted by Gasteiger charge is 2.24. The Kier molecular flexibility index (Phi) is 5.84. The topological polar surface area (TPSA) is 35.6 Å². The van der Waals surface area contributed by atoms with Gasteiger partial charge in [0.15, 0.2) is 0 Å². The third-order valence-corrected chi connectivity index (χ3v) is 5.34. The van der Waals surface area contributed by atoms with Gasteiger partial charge in [0.05, 0.1) is 10.0 Å². The van der Waals surface area contributed by atoms with E-state index in [2.05, 4.69) is 41.4 Å². The number of benzene rings is 2. The molecule has 1 N–H and O–H groups in total. The molecular formula is C19H21Cl2N3O. The van der Waals surface area contributed by atoms with Gasteiger partial charge in [0.2, 0.25) is 0 Å². The summed E-state index contributed by atoms with van der Waals surface area (Å²) in [4.78, 5) is 16.7. The number of carbonyl (C=O) groups is 1. The molecule has 1 aliphatic heterocycles. The molecule has 0 saturated carbocycles. The number of hydrogen-bond acceptors (Lipinski definition) is 2. The molecule has 4 nitrogen and oxygen atoms in total. The van der Waals surface area contributed by atoms with Crippen molar-refractivity contribution in [3.8, 4) is 0 Å². The number of rotatable bonds is 3. The zero-order chi connectivity index (χ0) is 17.8. The van der Waals surface area contributed by atoms with Crippen molar-refractivity contribution in [1.29, 1.82) is 0 Å². The Morgan fingerprint density at radius 3 is 2.32 bits per heavy atom. The highest BCUT2D eigenvalue weighted by Crippen LogP contribution is 2.25. The number of amides is 2. The van der Waals surface area contributed by atoms with Crippen LogP contribution in [0.25, 0.3) is 0 Å². The summed E-state index contributed by atoms with van der Waals surface area (Å²) in [5.41, 5.74) is 1.95. The van der Waals surface area contributed by atoms with Gasteiger partial charge in [0, 0.05) is 37.9 Å². The molecule has 1 aliphatic rings. The zero-order valence-electron chi connectivity index (χ0n) is 14.1. The smallest absolute Gasteiger partial charge is 0.321 e. The number of nitrogens with zero attached hydrogens (tertiary/aromatic N) is 2. The Hall–Kier alpha value is -1.75. The number of nitrogens with one attached hydrogen (secondary N) is 1. The van der Waals surface area contributed by atoms with Gasteiger partial charge in [0.25, 0.3) is 0 Å². The van der Waals surface area contributed by atoms with E-state index < -0.39 is 0 Å². The van der Waals surface area contributed by atoms with Crippen LogP contribution in [0.1, 0.15) is 18.5 Å². The summed E-state index contributed by atoms with van der Waals surface area (Å²) < 4.78 is 0. The van der Waals surface area contributed by atoms with Gasteiger partial charge in [-0.25, -0.2) is 4.79 Å². The third-order valence-electron chi connectivity index (χ3n) is 4.60. The second-order valence-electron chi connectivity index (χ2n) is 6.17. The first kappa shape index (κ1) is 18.1. The number of anilines is 1. The van der Waals surface area contributed by atoms with Crippen LogP contribution >= 0.6 is 23.2 Å². The van der Waals surface area contributed by atoms with E-state index in [1.54, 1.807) is 18.2 Å². The van der Waals surface area contributed by atoms with E-state index in [0.29, 0.717) is 34.9 Å². The van der Waals surface area contributed by atoms with Crippen LogP contribution in [0.15, 0.2) is 48.5 Å². The minimum atomic E-state index is -0.106. The molecule has 0 spiro atoms.